The number of benzene rings is 1. The fourth-order valence-corrected chi connectivity index (χ4v) is 3.87. The minimum absolute atomic E-state index is 0.466. The molecule has 1 aliphatic rings. The molecule has 1 heterocycles. The minimum atomic E-state index is 0.466. The summed E-state index contributed by atoms with van der Waals surface area (Å²) in [5.74, 6) is 1.86. The van der Waals surface area contributed by atoms with Gasteiger partial charge in [-0.1, -0.05) is 44.9 Å². The van der Waals surface area contributed by atoms with Crippen molar-refractivity contribution in [2.24, 2.45) is 16.1 Å². The molecular weight excluding hydrogens is 306 g/mol. The highest BCUT2D eigenvalue weighted by atomic mass is 32.2. The largest absolute Gasteiger partial charge is 0.350 e. The maximum Gasteiger partial charge on any atom is 0.164 e. The number of hydrogen-bond donors (Lipinski definition) is 0. The molecule has 1 fully saturated rings. The van der Waals surface area contributed by atoms with Gasteiger partial charge in [0.25, 0.3) is 0 Å². The molecular formula is C18H27N3OS. The second-order valence-corrected chi connectivity index (χ2v) is 7.23. The van der Waals surface area contributed by atoms with Crippen LogP contribution in [0.2, 0.25) is 0 Å². The van der Waals surface area contributed by atoms with Gasteiger partial charge in [0.2, 0.25) is 0 Å². The molecule has 0 saturated carbocycles. The highest BCUT2D eigenvalue weighted by Gasteiger charge is 2.22. The predicted molar refractivity (Wildman–Crippen MR) is 101 cm³/mol. The number of unbranched alkanes of at least 4 members (excludes halogenated alkanes) is 1. The zero-order valence-corrected chi connectivity index (χ0v) is 15.2. The smallest absolute Gasteiger partial charge is 0.164 e. The van der Waals surface area contributed by atoms with Gasteiger partial charge in [0.05, 0.1) is 5.69 Å². The molecule has 0 amide bonds. The van der Waals surface area contributed by atoms with Gasteiger partial charge in [-0.2, -0.15) is 0 Å². The van der Waals surface area contributed by atoms with Crippen molar-refractivity contribution in [1.82, 2.24) is 4.90 Å². The van der Waals surface area contributed by atoms with Crippen molar-refractivity contribution in [2.75, 3.05) is 18.8 Å². The second-order valence-electron chi connectivity index (χ2n) is 6.17. The van der Waals surface area contributed by atoms with Crippen LogP contribution in [0, 0.1) is 17.7 Å². The number of nitroso groups, excluding NO2 is 1. The Hall–Kier alpha value is -1.36. The molecule has 0 aliphatic carbocycles. The minimum Gasteiger partial charge on any atom is -0.350 e. The van der Waals surface area contributed by atoms with Gasteiger partial charge < -0.3 is 4.90 Å². The number of nitrogens with zero attached hydrogens (tertiary/aromatic N) is 3. The van der Waals surface area contributed by atoms with Gasteiger partial charge in [0.15, 0.2) is 5.17 Å². The maximum atomic E-state index is 10.6. The molecule has 0 spiro atoms. The zero-order valence-electron chi connectivity index (χ0n) is 14.4. The molecule has 1 unspecified atom stereocenters. The summed E-state index contributed by atoms with van der Waals surface area (Å²) < 4.78 is 0. The fourth-order valence-electron chi connectivity index (χ4n) is 2.86. The molecule has 0 radical (unpaired) electrons. The highest BCUT2D eigenvalue weighted by Crippen LogP contribution is 2.29. The maximum absolute atomic E-state index is 10.6. The van der Waals surface area contributed by atoms with Crippen molar-refractivity contribution >= 4 is 28.3 Å². The molecule has 126 valence electrons. The van der Waals surface area contributed by atoms with Crippen LogP contribution in [0.15, 0.2) is 28.4 Å². The molecule has 1 aliphatic heterocycles. The van der Waals surface area contributed by atoms with Crippen LogP contribution < -0.4 is 0 Å². The summed E-state index contributed by atoms with van der Waals surface area (Å²) in [4.78, 5) is 17.9. The second kappa shape index (κ2) is 9.06. The number of amidine groups is 1. The van der Waals surface area contributed by atoms with Gasteiger partial charge in [-0.05, 0) is 48.2 Å². The van der Waals surface area contributed by atoms with E-state index in [1.165, 1.54) is 25.7 Å². The Bertz CT molecular complexity index is 559. The van der Waals surface area contributed by atoms with Crippen molar-refractivity contribution in [1.29, 1.82) is 0 Å². The van der Waals surface area contributed by atoms with E-state index in [0.29, 0.717) is 5.69 Å². The topological polar surface area (TPSA) is 45.0 Å². The Morgan fingerprint density at radius 1 is 1.35 bits per heavy atom. The number of rotatable bonds is 8. The van der Waals surface area contributed by atoms with E-state index in [0.717, 1.165) is 41.2 Å². The highest BCUT2D eigenvalue weighted by molar-refractivity contribution is 8.14. The first-order chi connectivity index (χ1) is 11.2. The lowest BCUT2D eigenvalue weighted by Gasteiger charge is -2.24. The first-order valence-corrected chi connectivity index (χ1v) is 9.56. The van der Waals surface area contributed by atoms with Crippen LogP contribution in [0.25, 0.3) is 0 Å². The Morgan fingerprint density at radius 3 is 2.83 bits per heavy atom. The number of hydrogen-bond acceptors (Lipinski definition) is 4. The van der Waals surface area contributed by atoms with Gasteiger partial charge in [-0.15, -0.1) is 4.91 Å². The van der Waals surface area contributed by atoms with Gasteiger partial charge in [0, 0.05) is 18.8 Å². The Kier molecular flexibility index (Phi) is 7.09. The van der Waals surface area contributed by atoms with E-state index >= 15 is 0 Å². The van der Waals surface area contributed by atoms with Crippen molar-refractivity contribution in [2.45, 2.75) is 46.5 Å². The molecule has 4 nitrogen and oxygen atoms in total. The zero-order chi connectivity index (χ0) is 16.7. The predicted octanol–water partition coefficient (Wildman–Crippen LogP) is 5.65. The summed E-state index contributed by atoms with van der Waals surface area (Å²) in [5, 5.41) is 4.10. The van der Waals surface area contributed by atoms with E-state index in [2.05, 4.69) is 23.9 Å². The summed E-state index contributed by atoms with van der Waals surface area (Å²) in [6, 6.07) is 5.43. The Morgan fingerprint density at radius 2 is 2.17 bits per heavy atom. The molecule has 5 heteroatoms. The van der Waals surface area contributed by atoms with Crippen LogP contribution in [0.5, 0.6) is 0 Å². The molecule has 0 N–H and O–H groups in total. The third-order valence-electron chi connectivity index (χ3n) is 4.39. The number of thioether (sulfide) groups is 1. The van der Waals surface area contributed by atoms with E-state index in [4.69, 9.17) is 4.99 Å². The molecule has 2 rings (SSSR count). The first-order valence-electron chi connectivity index (χ1n) is 8.58. The molecule has 0 bridgehead atoms. The van der Waals surface area contributed by atoms with E-state index in [-0.39, 0.29) is 0 Å². The van der Waals surface area contributed by atoms with Crippen molar-refractivity contribution < 1.29 is 0 Å². The average Bonchev–Trinajstić information content (AvgIpc) is 3.00. The van der Waals surface area contributed by atoms with E-state index in [1.54, 1.807) is 12.1 Å². The quantitative estimate of drug-likeness (QED) is 0.578. The summed E-state index contributed by atoms with van der Waals surface area (Å²) in [6.07, 6.45) is 5.11. The van der Waals surface area contributed by atoms with Gasteiger partial charge in [-0.25, -0.2) is 4.99 Å². The SMILES string of the molecule is CCCCC(CC)CN1CCSC1=Nc1ccc(N=O)cc1C. The van der Waals surface area contributed by atoms with Crippen LogP contribution in [0.4, 0.5) is 11.4 Å². The van der Waals surface area contributed by atoms with Crippen molar-refractivity contribution in [3.05, 3.63) is 28.7 Å². The Balaban J connectivity index is 2.09. The lowest BCUT2D eigenvalue weighted by atomic mass is 9.99. The summed E-state index contributed by atoms with van der Waals surface area (Å²) >= 11 is 1.83. The van der Waals surface area contributed by atoms with Crippen LogP contribution in [-0.2, 0) is 0 Å². The fraction of sp³-hybridized carbons (Fsp3) is 0.611. The van der Waals surface area contributed by atoms with Crippen molar-refractivity contribution in [3.63, 3.8) is 0 Å². The Labute approximate surface area is 143 Å². The summed E-state index contributed by atoms with van der Waals surface area (Å²) in [6.45, 7) is 8.71. The summed E-state index contributed by atoms with van der Waals surface area (Å²) in [5.41, 5.74) is 2.40. The molecule has 1 aromatic carbocycles. The van der Waals surface area contributed by atoms with E-state index in [1.807, 2.05) is 24.8 Å². The van der Waals surface area contributed by atoms with E-state index < -0.39 is 0 Å². The van der Waals surface area contributed by atoms with Gasteiger partial charge >= 0.3 is 0 Å². The van der Waals surface area contributed by atoms with Gasteiger partial charge in [-0.3, -0.25) is 0 Å². The van der Waals surface area contributed by atoms with E-state index in [9.17, 15) is 4.91 Å². The molecule has 1 aromatic rings. The lowest BCUT2D eigenvalue weighted by molar-refractivity contribution is 0.331. The van der Waals surface area contributed by atoms with Crippen LogP contribution in [-0.4, -0.2) is 28.9 Å². The molecule has 1 saturated heterocycles. The normalized spacial score (nSPS) is 17.7. The lowest BCUT2D eigenvalue weighted by Crippen LogP contribution is -2.30. The monoisotopic (exact) mass is 333 g/mol. The summed E-state index contributed by atoms with van der Waals surface area (Å²) in [7, 11) is 0. The van der Waals surface area contributed by atoms with Gasteiger partial charge in [0.1, 0.15) is 5.69 Å². The average molecular weight is 334 g/mol. The molecule has 1 atom stereocenters. The van der Waals surface area contributed by atoms with Crippen LogP contribution >= 0.6 is 11.8 Å². The van der Waals surface area contributed by atoms with Crippen LogP contribution in [0.1, 0.15) is 45.1 Å². The third kappa shape index (κ3) is 5.06. The number of aliphatic imine (C=N–C) groups is 1. The molecule has 23 heavy (non-hydrogen) atoms. The van der Waals surface area contributed by atoms with Crippen LogP contribution in [0.3, 0.4) is 0 Å². The van der Waals surface area contributed by atoms with Crippen molar-refractivity contribution in [3.8, 4) is 0 Å². The molecule has 0 aromatic heterocycles. The first kappa shape index (κ1) is 18.0. The standard InChI is InChI=1S/C18H27N3OS/c1-4-6-7-15(5-2)13-21-10-11-23-18(21)19-17-9-8-16(20-22)12-14(17)3/h8-9,12,15H,4-7,10-11,13H2,1-3H3. The third-order valence-corrected chi connectivity index (χ3v) is 5.38. The number of aryl methyl sites for hydroxylation is 1.